The Morgan fingerprint density at radius 2 is 1.90 bits per heavy atom. The maximum absolute atomic E-state index is 12.5. The Morgan fingerprint density at radius 3 is 2.59 bits per heavy atom. The van der Waals surface area contributed by atoms with Crippen molar-refractivity contribution in [2.24, 2.45) is 0 Å². The van der Waals surface area contributed by atoms with Crippen LogP contribution in [0.3, 0.4) is 0 Å². The quantitative estimate of drug-likeness (QED) is 0.555. The van der Waals surface area contributed by atoms with Crippen molar-refractivity contribution in [2.75, 3.05) is 25.2 Å². The SMILES string of the molecule is C[C@@H](OC(=O)c1ccccc1SCC(=O)Nc1cccc(C#N)c1)C(=O)N(C)C. The molecule has 29 heavy (non-hydrogen) atoms. The highest BCUT2D eigenvalue weighted by Crippen LogP contribution is 2.24. The number of carbonyl (C=O) groups is 3. The number of hydrogen-bond acceptors (Lipinski definition) is 6. The van der Waals surface area contributed by atoms with E-state index in [0.29, 0.717) is 16.1 Å². The van der Waals surface area contributed by atoms with Gasteiger partial charge in [0.2, 0.25) is 5.91 Å². The lowest BCUT2D eigenvalue weighted by atomic mass is 10.2. The number of nitrogens with one attached hydrogen (secondary N) is 1. The summed E-state index contributed by atoms with van der Waals surface area (Å²) in [5.74, 6) is -1.16. The Bertz CT molecular complexity index is 953. The van der Waals surface area contributed by atoms with E-state index in [1.165, 1.54) is 23.6 Å². The Kier molecular flexibility index (Phi) is 7.80. The summed E-state index contributed by atoms with van der Waals surface area (Å²) < 4.78 is 5.25. The number of nitrogens with zero attached hydrogens (tertiary/aromatic N) is 2. The van der Waals surface area contributed by atoms with Gasteiger partial charge in [0.15, 0.2) is 6.10 Å². The van der Waals surface area contributed by atoms with Crippen LogP contribution in [0, 0.1) is 11.3 Å². The lowest BCUT2D eigenvalue weighted by Crippen LogP contribution is -2.35. The van der Waals surface area contributed by atoms with Crippen molar-refractivity contribution in [3.8, 4) is 6.07 Å². The molecular formula is C21H21N3O4S. The summed E-state index contributed by atoms with van der Waals surface area (Å²) in [6, 6.07) is 15.4. The van der Waals surface area contributed by atoms with Gasteiger partial charge in [-0.25, -0.2) is 4.79 Å². The molecule has 2 aromatic carbocycles. The van der Waals surface area contributed by atoms with Crippen LogP contribution < -0.4 is 5.32 Å². The van der Waals surface area contributed by atoms with Crippen LogP contribution in [-0.4, -0.2) is 48.6 Å². The Labute approximate surface area is 173 Å². The topological polar surface area (TPSA) is 99.5 Å². The molecule has 1 atom stereocenters. The van der Waals surface area contributed by atoms with Crippen molar-refractivity contribution in [3.05, 3.63) is 59.7 Å². The molecule has 0 aliphatic rings. The molecular weight excluding hydrogens is 390 g/mol. The second kappa shape index (κ2) is 10.3. The van der Waals surface area contributed by atoms with E-state index < -0.39 is 12.1 Å². The van der Waals surface area contributed by atoms with Gasteiger partial charge in [-0.15, -0.1) is 11.8 Å². The predicted octanol–water partition coefficient (Wildman–Crippen LogP) is 2.92. The summed E-state index contributed by atoms with van der Waals surface area (Å²) in [7, 11) is 3.17. The van der Waals surface area contributed by atoms with Crippen molar-refractivity contribution in [3.63, 3.8) is 0 Å². The number of carbonyl (C=O) groups excluding carboxylic acids is 3. The van der Waals surface area contributed by atoms with Crippen molar-refractivity contribution in [1.82, 2.24) is 4.90 Å². The molecule has 8 heteroatoms. The molecule has 0 saturated heterocycles. The van der Waals surface area contributed by atoms with Crippen LogP contribution in [-0.2, 0) is 14.3 Å². The van der Waals surface area contributed by atoms with Crippen LogP contribution >= 0.6 is 11.8 Å². The number of amides is 2. The van der Waals surface area contributed by atoms with E-state index in [1.54, 1.807) is 62.6 Å². The average molecular weight is 411 g/mol. The summed E-state index contributed by atoms with van der Waals surface area (Å²) in [5, 5.41) is 11.6. The van der Waals surface area contributed by atoms with E-state index >= 15 is 0 Å². The summed E-state index contributed by atoms with van der Waals surface area (Å²) in [6.07, 6.45) is -0.911. The highest BCUT2D eigenvalue weighted by atomic mass is 32.2. The lowest BCUT2D eigenvalue weighted by molar-refractivity contribution is -0.137. The molecule has 0 bridgehead atoms. The Hall–Kier alpha value is -3.31. The van der Waals surface area contributed by atoms with Crippen molar-refractivity contribution >= 4 is 35.2 Å². The van der Waals surface area contributed by atoms with Crippen LogP contribution in [0.1, 0.15) is 22.8 Å². The molecule has 0 aliphatic carbocycles. The molecule has 1 N–H and O–H groups in total. The molecule has 0 aromatic heterocycles. The number of nitriles is 1. The smallest absolute Gasteiger partial charge is 0.340 e. The zero-order valence-electron chi connectivity index (χ0n) is 16.3. The number of esters is 1. The van der Waals surface area contributed by atoms with Crippen molar-refractivity contribution in [2.45, 2.75) is 17.9 Å². The number of thioether (sulfide) groups is 1. The van der Waals surface area contributed by atoms with E-state index in [9.17, 15) is 14.4 Å². The Morgan fingerprint density at radius 1 is 1.17 bits per heavy atom. The summed E-state index contributed by atoms with van der Waals surface area (Å²) in [5.41, 5.74) is 1.26. The standard InChI is InChI=1S/C21H21N3O4S/c1-14(20(26)24(2)3)28-21(27)17-9-4-5-10-18(17)29-13-19(25)23-16-8-6-7-15(11-16)12-22/h4-11,14H,13H2,1-3H3,(H,23,25)/t14-/m1/s1. The Balaban J connectivity index is 2.01. The summed E-state index contributed by atoms with van der Waals surface area (Å²) in [4.78, 5) is 38.5. The molecule has 0 radical (unpaired) electrons. The molecule has 0 unspecified atom stereocenters. The monoisotopic (exact) mass is 411 g/mol. The lowest BCUT2D eigenvalue weighted by Gasteiger charge is -2.18. The zero-order valence-corrected chi connectivity index (χ0v) is 17.2. The van der Waals surface area contributed by atoms with Gasteiger partial charge in [0.1, 0.15) is 0 Å². The predicted molar refractivity (Wildman–Crippen MR) is 111 cm³/mol. The van der Waals surface area contributed by atoms with Crippen LogP contribution in [0.25, 0.3) is 0 Å². The number of ether oxygens (including phenoxy) is 1. The molecule has 0 aliphatic heterocycles. The van der Waals surface area contributed by atoms with Gasteiger partial charge in [0.05, 0.1) is 22.9 Å². The summed E-state index contributed by atoms with van der Waals surface area (Å²) >= 11 is 1.18. The minimum Gasteiger partial charge on any atom is -0.449 e. The van der Waals surface area contributed by atoms with E-state index in [4.69, 9.17) is 10.00 Å². The van der Waals surface area contributed by atoms with Crippen LogP contribution in [0.2, 0.25) is 0 Å². The molecule has 0 saturated carbocycles. The van der Waals surface area contributed by atoms with Crippen LogP contribution in [0.5, 0.6) is 0 Å². The molecule has 0 fully saturated rings. The maximum Gasteiger partial charge on any atom is 0.340 e. The van der Waals surface area contributed by atoms with Gasteiger partial charge in [-0.3, -0.25) is 9.59 Å². The van der Waals surface area contributed by atoms with E-state index in [0.717, 1.165) is 0 Å². The van der Waals surface area contributed by atoms with Gasteiger partial charge in [-0.05, 0) is 37.3 Å². The second-order valence-corrected chi connectivity index (χ2v) is 7.32. The first-order chi connectivity index (χ1) is 13.8. The van der Waals surface area contributed by atoms with Crippen molar-refractivity contribution in [1.29, 1.82) is 5.26 Å². The van der Waals surface area contributed by atoms with Gasteiger partial charge in [-0.2, -0.15) is 5.26 Å². The fraction of sp³-hybridized carbons (Fsp3) is 0.238. The average Bonchev–Trinajstić information content (AvgIpc) is 2.71. The number of likely N-dealkylation sites (N-methyl/N-ethyl adjacent to an activating group) is 1. The van der Waals surface area contributed by atoms with Crippen molar-refractivity contribution < 1.29 is 19.1 Å². The number of rotatable bonds is 7. The number of anilines is 1. The highest BCUT2D eigenvalue weighted by Gasteiger charge is 2.22. The molecule has 0 heterocycles. The third-order valence-corrected chi connectivity index (χ3v) is 4.89. The minimum atomic E-state index is -0.911. The van der Waals surface area contributed by atoms with Crippen LogP contribution in [0.4, 0.5) is 5.69 Å². The molecule has 2 amide bonds. The van der Waals surface area contributed by atoms with E-state index in [2.05, 4.69) is 5.32 Å². The molecule has 2 aromatic rings. The third-order valence-electron chi connectivity index (χ3n) is 3.81. The number of hydrogen-bond donors (Lipinski definition) is 1. The van der Waals surface area contributed by atoms with Gasteiger partial charge in [0, 0.05) is 24.7 Å². The zero-order chi connectivity index (χ0) is 21.4. The fourth-order valence-corrected chi connectivity index (χ4v) is 3.25. The third kappa shape index (κ3) is 6.36. The summed E-state index contributed by atoms with van der Waals surface area (Å²) in [6.45, 7) is 1.51. The second-order valence-electron chi connectivity index (χ2n) is 6.31. The molecule has 7 nitrogen and oxygen atoms in total. The fourth-order valence-electron chi connectivity index (χ4n) is 2.41. The molecule has 150 valence electrons. The first-order valence-corrected chi connectivity index (χ1v) is 9.74. The van der Waals surface area contributed by atoms with Gasteiger partial charge >= 0.3 is 5.97 Å². The van der Waals surface area contributed by atoms with Gasteiger partial charge < -0.3 is 15.0 Å². The van der Waals surface area contributed by atoms with Gasteiger partial charge in [-0.1, -0.05) is 18.2 Å². The molecule has 2 rings (SSSR count). The largest absolute Gasteiger partial charge is 0.449 e. The van der Waals surface area contributed by atoms with E-state index in [1.807, 2.05) is 6.07 Å². The van der Waals surface area contributed by atoms with Crippen LogP contribution in [0.15, 0.2) is 53.4 Å². The first-order valence-electron chi connectivity index (χ1n) is 8.75. The first kappa shape index (κ1) is 22.0. The molecule has 0 spiro atoms. The minimum absolute atomic E-state index is 0.0628. The normalized spacial score (nSPS) is 11.1. The number of benzene rings is 2. The maximum atomic E-state index is 12.5. The highest BCUT2D eigenvalue weighted by molar-refractivity contribution is 8.00. The van der Waals surface area contributed by atoms with E-state index in [-0.39, 0.29) is 23.1 Å². The van der Waals surface area contributed by atoms with Gasteiger partial charge in [0.25, 0.3) is 5.91 Å².